The fourth-order valence-corrected chi connectivity index (χ4v) is 6.58. The normalized spacial score (nSPS) is 13.5. The summed E-state index contributed by atoms with van der Waals surface area (Å²) in [6.45, 7) is 3.02. The van der Waals surface area contributed by atoms with E-state index in [-0.39, 0.29) is 11.9 Å². The fourth-order valence-electron chi connectivity index (χ4n) is 5.12. The van der Waals surface area contributed by atoms with Gasteiger partial charge in [-0.3, -0.25) is 4.79 Å². The molecule has 0 bridgehead atoms. The molecule has 3 N–H and O–H groups in total. The predicted octanol–water partition coefficient (Wildman–Crippen LogP) is 7.61. The third-order valence-corrected chi connectivity index (χ3v) is 8.72. The number of nitrogens with two attached hydrogens (primary N) is 1. The number of carbonyl (C=O) groups is 1. The summed E-state index contributed by atoms with van der Waals surface area (Å²) in [7, 11) is 3.36. The summed E-state index contributed by atoms with van der Waals surface area (Å²) in [6.07, 6.45) is 7.37. The molecule has 2 aromatic carbocycles. The molecule has 1 fully saturated rings. The summed E-state index contributed by atoms with van der Waals surface area (Å²) in [5.41, 5.74) is 7.56. The first-order valence-electron chi connectivity index (χ1n) is 13.5. The van der Waals surface area contributed by atoms with Gasteiger partial charge in [-0.15, -0.1) is 11.3 Å². The molecule has 1 saturated carbocycles. The molecule has 0 atom stereocenters. The van der Waals surface area contributed by atoms with E-state index in [1.54, 1.807) is 0 Å². The van der Waals surface area contributed by atoms with E-state index >= 15 is 0 Å². The van der Waals surface area contributed by atoms with Crippen LogP contribution in [0.25, 0.3) is 21.2 Å². The SMILES string of the molecule is CCOc1ccc(-c2ccc(NC)nc2)cc1CN(C(=O)c1sc2ccccc2c1Cl)C1CCCCC1.CN. The number of thiophene rings is 1. The fraction of sp³-hybridized carbons (Fsp3) is 0.355. The number of rotatable bonds is 8. The molecule has 2 aromatic heterocycles. The molecule has 1 aliphatic carbocycles. The average Bonchev–Trinajstić information content (AvgIpc) is 3.34. The Kier molecular flexibility index (Phi) is 10.2. The van der Waals surface area contributed by atoms with Crippen LogP contribution in [0.15, 0.2) is 60.8 Å². The second-order valence-corrected chi connectivity index (χ2v) is 10.8. The predicted molar refractivity (Wildman–Crippen MR) is 164 cm³/mol. The average molecular weight is 565 g/mol. The van der Waals surface area contributed by atoms with Crippen LogP contribution in [0.2, 0.25) is 5.02 Å². The second kappa shape index (κ2) is 13.8. The Balaban J connectivity index is 0.00000172. The monoisotopic (exact) mass is 564 g/mol. The van der Waals surface area contributed by atoms with Gasteiger partial charge in [-0.05, 0) is 62.7 Å². The number of hydrogen-bond donors (Lipinski definition) is 2. The minimum absolute atomic E-state index is 0.00555. The first-order chi connectivity index (χ1) is 19.1. The molecule has 1 aliphatic rings. The highest BCUT2D eigenvalue weighted by molar-refractivity contribution is 7.21. The van der Waals surface area contributed by atoms with Crippen molar-refractivity contribution in [1.29, 1.82) is 0 Å². The van der Waals surface area contributed by atoms with Gasteiger partial charge in [-0.25, -0.2) is 4.98 Å². The lowest BCUT2D eigenvalue weighted by Crippen LogP contribution is -2.40. The van der Waals surface area contributed by atoms with Crippen LogP contribution in [-0.4, -0.2) is 42.5 Å². The molecule has 0 aliphatic heterocycles. The molecular weight excluding hydrogens is 528 g/mol. The van der Waals surface area contributed by atoms with E-state index in [9.17, 15) is 4.79 Å². The topological polar surface area (TPSA) is 80.5 Å². The number of nitrogens with zero attached hydrogens (tertiary/aromatic N) is 2. The number of ether oxygens (including phenoxy) is 1. The molecule has 2 heterocycles. The number of hydrogen-bond acceptors (Lipinski definition) is 6. The molecule has 8 heteroatoms. The van der Waals surface area contributed by atoms with Crippen LogP contribution in [0.3, 0.4) is 0 Å². The third-order valence-electron chi connectivity index (χ3n) is 7.06. The van der Waals surface area contributed by atoms with Crippen molar-refractivity contribution >= 4 is 44.7 Å². The summed E-state index contributed by atoms with van der Waals surface area (Å²) in [5.74, 6) is 1.64. The van der Waals surface area contributed by atoms with E-state index in [1.807, 2.05) is 61.5 Å². The van der Waals surface area contributed by atoms with Gasteiger partial charge in [0, 0.05) is 47.0 Å². The Hall–Kier alpha value is -3.13. The maximum atomic E-state index is 14.1. The number of amides is 1. The van der Waals surface area contributed by atoms with Crippen molar-refractivity contribution in [2.24, 2.45) is 5.73 Å². The maximum Gasteiger partial charge on any atom is 0.266 e. The van der Waals surface area contributed by atoms with E-state index in [1.165, 1.54) is 24.8 Å². The van der Waals surface area contributed by atoms with E-state index in [2.05, 4.69) is 34.2 Å². The van der Waals surface area contributed by atoms with E-state index < -0.39 is 0 Å². The molecule has 0 unspecified atom stereocenters. The van der Waals surface area contributed by atoms with Crippen molar-refractivity contribution in [3.63, 3.8) is 0 Å². The third kappa shape index (κ3) is 6.55. The molecule has 6 nitrogen and oxygen atoms in total. The Morgan fingerprint density at radius 2 is 1.85 bits per heavy atom. The zero-order valence-corrected chi connectivity index (χ0v) is 24.4. The van der Waals surface area contributed by atoms with Gasteiger partial charge in [0.1, 0.15) is 16.4 Å². The first kappa shape index (κ1) is 28.9. The first-order valence-corrected chi connectivity index (χ1v) is 14.7. The zero-order valence-electron chi connectivity index (χ0n) is 22.9. The van der Waals surface area contributed by atoms with Gasteiger partial charge in [0.05, 0.1) is 11.6 Å². The molecule has 0 saturated heterocycles. The van der Waals surface area contributed by atoms with Crippen LogP contribution in [0.5, 0.6) is 5.75 Å². The van der Waals surface area contributed by atoms with Gasteiger partial charge >= 0.3 is 0 Å². The molecule has 4 aromatic rings. The highest BCUT2D eigenvalue weighted by Crippen LogP contribution is 2.38. The van der Waals surface area contributed by atoms with Gasteiger partial charge in [0.25, 0.3) is 5.91 Å². The molecule has 5 rings (SSSR count). The summed E-state index contributed by atoms with van der Waals surface area (Å²) in [4.78, 5) is 21.3. The van der Waals surface area contributed by atoms with E-state index in [0.717, 1.165) is 64.0 Å². The Morgan fingerprint density at radius 3 is 2.51 bits per heavy atom. The van der Waals surface area contributed by atoms with Gasteiger partial charge < -0.3 is 20.7 Å². The summed E-state index contributed by atoms with van der Waals surface area (Å²) < 4.78 is 7.06. The number of pyridine rings is 1. The van der Waals surface area contributed by atoms with Gasteiger partial charge in [-0.2, -0.15) is 0 Å². The smallest absolute Gasteiger partial charge is 0.266 e. The Bertz CT molecular complexity index is 1380. The molecule has 206 valence electrons. The van der Waals surface area contributed by atoms with E-state index in [4.69, 9.17) is 16.3 Å². The van der Waals surface area contributed by atoms with Crippen LogP contribution in [0.4, 0.5) is 5.82 Å². The standard InChI is InChI=1S/C30H32ClN3O2S.CH5N/c1-3-36-25-15-13-20(21-14-16-27(32-2)33-18-21)17-22(25)19-34(23-9-5-4-6-10-23)30(35)29-28(31)24-11-7-8-12-26(24)37-29;1-2/h7-8,11-18,23H,3-6,9-10,19H2,1-2H3,(H,32,33);2H2,1H3. The van der Waals surface area contributed by atoms with Crippen LogP contribution in [0.1, 0.15) is 54.3 Å². The molecule has 39 heavy (non-hydrogen) atoms. The Morgan fingerprint density at radius 1 is 1.10 bits per heavy atom. The van der Waals surface area contributed by atoms with E-state index in [0.29, 0.717) is 23.1 Å². The Labute approximate surface area is 240 Å². The van der Waals surface area contributed by atoms with Crippen molar-refractivity contribution in [2.45, 2.75) is 51.6 Å². The van der Waals surface area contributed by atoms with Gasteiger partial charge in [0.2, 0.25) is 0 Å². The summed E-state index contributed by atoms with van der Waals surface area (Å²) >= 11 is 8.26. The van der Waals surface area contributed by atoms with Crippen LogP contribution in [0, 0.1) is 0 Å². The molecule has 0 radical (unpaired) electrons. The lowest BCUT2D eigenvalue weighted by Gasteiger charge is -2.35. The van der Waals surface area contributed by atoms with Crippen molar-refractivity contribution in [2.75, 3.05) is 26.0 Å². The number of nitrogens with one attached hydrogen (secondary N) is 1. The largest absolute Gasteiger partial charge is 0.494 e. The number of anilines is 1. The molecule has 0 spiro atoms. The van der Waals surface area contributed by atoms with Crippen molar-refractivity contribution in [3.8, 4) is 16.9 Å². The van der Waals surface area contributed by atoms with Crippen molar-refractivity contribution in [3.05, 3.63) is 76.3 Å². The minimum Gasteiger partial charge on any atom is -0.494 e. The van der Waals surface area contributed by atoms with Crippen LogP contribution < -0.4 is 15.8 Å². The summed E-state index contributed by atoms with van der Waals surface area (Å²) in [6, 6.07) is 18.4. The van der Waals surface area contributed by atoms with Gasteiger partial charge in [-0.1, -0.05) is 55.1 Å². The highest BCUT2D eigenvalue weighted by Gasteiger charge is 2.30. The zero-order chi connectivity index (χ0) is 27.8. The van der Waals surface area contributed by atoms with Crippen molar-refractivity contribution in [1.82, 2.24) is 9.88 Å². The highest BCUT2D eigenvalue weighted by atomic mass is 35.5. The van der Waals surface area contributed by atoms with Crippen LogP contribution >= 0.6 is 22.9 Å². The number of halogens is 1. The quantitative estimate of drug-likeness (QED) is 0.230. The second-order valence-electron chi connectivity index (χ2n) is 9.40. The molecule has 1 amide bonds. The van der Waals surface area contributed by atoms with Gasteiger partial charge in [0.15, 0.2) is 0 Å². The molecular formula is C31H37ClN4O2S. The lowest BCUT2D eigenvalue weighted by atomic mass is 9.93. The van der Waals surface area contributed by atoms with Crippen LogP contribution in [-0.2, 0) is 6.54 Å². The number of aromatic nitrogens is 1. The number of benzene rings is 2. The maximum absolute atomic E-state index is 14.1. The van der Waals surface area contributed by atoms with Crippen molar-refractivity contribution < 1.29 is 9.53 Å². The number of carbonyl (C=O) groups excluding carboxylic acids is 1. The number of fused-ring (bicyclic) bond motifs is 1. The summed E-state index contributed by atoms with van der Waals surface area (Å²) in [5, 5.41) is 4.56. The minimum atomic E-state index is 0.00555. The lowest BCUT2D eigenvalue weighted by molar-refractivity contribution is 0.0617.